The number of nitrogens with zero attached hydrogens (tertiary/aromatic N) is 2. The molecule has 108 valence electrons. The maximum atomic E-state index is 12.4. The molecule has 2 rings (SSSR count). The summed E-state index contributed by atoms with van der Waals surface area (Å²) in [4.78, 5) is 29.1. The van der Waals surface area contributed by atoms with Crippen LogP contribution in [0.15, 0.2) is 12.3 Å². The molecule has 1 saturated heterocycles. The van der Waals surface area contributed by atoms with E-state index in [1.807, 2.05) is 6.92 Å². The predicted molar refractivity (Wildman–Crippen MR) is 75.1 cm³/mol. The van der Waals surface area contributed by atoms with Crippen molar-refractivity contribution in [2.24, 2.45) is 5.41 Å². The standard InChI is InChI=1S/C13H14Cl2N2O3/c1-2-13(12(19)20)3-4-17(7-13)11(18)8-5-10(15)16-6-9(8)14/h5-6H,2-4,7H2,1H3,(H,19,20). The van der Waals surface area contributed by atoms with E-state index in [4.69, 9.17) is 23.2 Å². The molecule has 1 unspecified atom stereocenters. The Bertz CT molecular complexity index is 565. The van der Waals surface area contributed by atoms with Crippen molar-refractivity contribution in [3.63, 3.8) is 0 Å². The van der Waals surface area contributed by atoms with Gasteiger partial charge in [0.25, 0.3) is 5.91 Å². The summed E-state index contributed by atoms with van der Waals surface area (Å²) >= 11 is 11.7. The summed E-state index contributed by atoms with van der Waals surface area (Å²) in [6.07, 6.45) is 2.25. The Labute approximate surface area is 126 Å². The average Bonchev–Trinajstić information content (AvgIpc) is 2.86. The number of amides is 1. The van der Waals surface area contributed by atoms with Gasteiger partial charge in [-0.3, -0.25) is 9.59 Å². The Hall–Kier alpha value is -1.33. The lowest BCUT2D eigenvalue weighted by molar-refractivity contribution is -0.148. The molecule has 1 atom stereocenters. The normalized spacial score (nSPS) is 22.1. The van der Waals surface area contributed by atoms with Crippen LogP contribution in [0.25, 0.3) is 0 Å². The van der Waals surface area contributed by atoms with Crippen LogP contribution in [-0.4, -0.2) is 40.0 Å². The van der Waals surface area contributed by atoms with E-state index in [1.165, 1.54) is 17.2 Å². The van der Waals surface area contributed by atoms with Crippen LogP contribution in [0.5, 0.6) is 0 Å². The summed E-state index contributed by atoms with van der Waals surface area (Å²) < 4.78 is 0. The van der Waals surface area contributed by atoms with E-state index < -0.39 is 11.4 Å². The second-order valence-electron chi connectivity index (χ2n) is 4.90. The van der Waals surface area contributed by atoms with Crippen molar-refractivity contribution in [3.05, 3.63) is 28.0 Å². The molecule has 1 amide bonds. The molecule has 1 aromatic heterocycles. The summed E-state index contributed by atoms with van der Waals surface area (Å²) in [7, 11) is 0. The quantitative estimate of drug-likeness (QED) is 0.870. The number of carbonyl (C=O) groups excluding carboxylic acids is 1. The fourth-order valence-corrected chi connectivity index (χ4v) is 2.75. The highest BCUT2D eigenvalue weighted by atomic mass is 35.5. The van der Waals surface area contributed by atoms with Gasteiger partial charge in [0.05, 0.1) is 16.0 Å². The van der Waals surface area contributed by atoms with Gasteiger partial charge in [-0.1, -0.05) is 30.1 Å². The first-order valence-corrected chi connectivity index (χ1v) is 6.99. The van der Waals surface area contributed by atoms with Gasteiger partial charge in [-0.15, -0.1) is 0 Å². The monoisotopic (exact) mass is 316 g/mol. The molecule has 1 N–H and O–H groups in total. The Morgan fingerprint density at radius 3 is 2.75 bits per heavy atom. The number of pyridine rings is 1. The zero-order valence-electron chi connectivity index (χ0n) is 10.9. The van der Waals surface area contributed by atoms with Gasteiger partial charge >= 0.3 is 5.97 Å². The third kappa shape index (κ3) is 2.60. The zero-order chi connectivity index (χ0) is 14.9. The van der Waals surface area contributed by atoms with E-state index in [0.717, 1.165) is 0 Å². The minimum absolute atomic E-state index is 0.178. The van der Waals surface area contributed by atoms with Crippen LogP contribution in [0.3, 0.4) is 0 Å². The zero-order valence-corrected chi connectivity index (χ0v) is 12.4. The Morgan fingerprint density at radius 2 is 2.20 bits per heavy atom. The van der Waals surface area contributed by atoms with Gasteiger partial charge in [-0.05, 0) is 18.9 Å². The third-order valence-corrected chi connectivity index (χ3v) is 4.33. The average molecular weight is 317 g/mol. The van der Waals surface area contributed by atoms with E-state index in [-0.39, 0.29) is 28.2 Å². The molecular formula is C13H14Cl2N2O3. The van der Waals surface area contributed by atoms with Gasteiger partial charge in [0.1, 0.15) is 5.15 Å². The number of likely N-dealkylation sites (tertiary alicyclic amines) is 1. The summed E-state index contributed by atoms with van der Waals surface area (Å²) in [5.41, 5.74) is -0.608. The number of carboxylic acid groups (broad SMARTS) is 1. The van der Waals surface area contributed by atoms with Crippen LogP contribution in [-0.2, 0) is 4.79 Å². The number of hydrogen-bond acceptors (Lipinski definition) is 3. The van der Waals surface area contributed by atoms with Crippen LogP contribution in [0.4, 0.5) is 0 Å². The second-order valence-corrected chi connectivity index (χ2v) is 5.70. The molecule has 0 aliphatic carbocycles. The maximum Gasteiger partial charge on any atom is 0.311 e. The third-order valence-electron chi connectivity index (χ3n) is 3.82. The van der Waals surface area contributed by atoms with Crippen LogP contribution >= 0.6 is 23.2 Å². The van der Waals surface area contributed by atoms with Crippen molar-refractivity contribution in [2.75, 3.05) is 13.1 Å². The minimum Gasteiger partial charge on any atom is -0.481 e. The summed E-state index contributed by atoms with van der Waals surface area (Å²) in [5.74, 6) is -1.18. The molecule has 1 fully saturated rings. The fourth-order valence-electron chi connectivity index (χ4n) is 2.41. The van der Waals surface area contributed by atoms with Gasteiger partial charge in [0, 0.05) is 19.3 Å². The van der Waals surface area contributed by atoms with E-state index in [1.54, 1.807) is 0 Å². The Kier molecular flexibility index (Phi) is 4.20. The van der Waals surface area contributed by atoms with Crippen molar-refractivity contribution in [1.82, 2.24) is 9.88 Å². The first-order valence-electron chi connectivity index (χ1n) is 6.23. The lowest BCUT2D eigenvalue weighted by Gasteiger charge is -2.23. The van der Waals surface area contributed by atoms with E-state index in [2.05, 4.69) is 4.98 Å². The Morgan fingerprint density at radius 1 is 1.50 bits per heavy atom. The molecule has 5 nitrogen and oxygen atoms in total. The topological polar surface area (TPSA) is 70.5 Å². The molecule has 0 spiro atoms. The lowest BCUT2D eigenvalue weighted by Crippen LogP contribution is -2.36. The molecule has 1 aromatic rings. The van der Waals surface area contributed by atoms with Crippen LogP contribution in [0, 0.1) is 5.41 Å². The molecule has 1 aliphatic heterocycles. The number of carbonyl (C=O) groups is 2. The molecule has 1 aliphatic rings. The number of carboxylic acids is 1. The highest BCUT2D eigenvalue weighted by Gasteiger charge is 2.45. The SMILES string of the molecule is CCC1(C(=O)O)CCN(C(=O)c2cc(Cl)ncc2Cl)C1. The number of halogens is 2. The van der Waals surface area contributed by atoms with Gasteiger partial charge in [-0.25, -0.2) is 4.98 Å². The highest BCUT2D eigenvalue weighted by Crippen LogP contribution is 2.35. The van der Waals surface area contributed by atoms with E-state index in [0.29, 0.717) is 19.4 Å². The van der Waals surface area contributed by atoms with Crippen molar-refractivity contribution in [3.8, 4) is 0 Å². The molecule has 0 saturated carbocycles. The minimum atomic E-state index is -0.867. The van der Waals surface area contributed by atoms with E-state index >= 15 is 0 Å². The van der Waals surface area contributed by atoms with Gasteiger partial charge < -0.3 is 10.0 Å². The second kappa shape index (κ2) is 5.58. The molecule has 0 aromatic carbocycles. The van der Waals surface area contributed by atoms with Crippen LogP contribution < -0.4 is 0 Å². The first-order chi connectivity index (χ1) is 9.39. The number of aliphatic carboxylic acids is 1. The van der Waals surface area contributed by atoms with Gasteiger partial charge in [0.15, 0.2) is 0 Å². The first kappa shape index (κ1) is 15.1. The summed E-state index contributed by atoms with van der Waals surface area (Å²) in [5, 5.41) is 9.73. The van der Waals surface area contributed by atoms with Gasteiger partial charge in [-0.2, -0.15) is 0 Å². The lowest BCUT2D eigenvalue weighted by atomic mass is 9.84. The maximum absolute atomic E-state index is 12.4. The van der Waals surface area contributed by atoms with Crippen LogP contribution in [0.1, 0.15) is 30.1 Å². The number of aromatic nitrogens is 1. The van der Waals surface area contributed by atoms with Crippen molar-refractivity contribution in [1.29, 1.82) is 0 Å². The largest absolute Gasteiger partial charge is 0.481 e. The number of hydrogen-bond donors (Lipinski definition) is 1. The summed E-state index contributed by atoms with van der Waals surface area (Å²) in [6.45, 7) is 2.40. The molecule has 20 heavy (non-hydrogen) atoms. The van der Waals surface area contributed by atoms with Crippen LogP contribution in [0.2, 0.25) is 10.2 Å². The molecule has 0 bridgehead atoms. The molecular weight excluding hydrogens is 303 g/mol. The smallest absolute Gasteiger partial charge is 0.311 e. The molecule has 0 radical (unpaired) electrons. The highest BCUT2D eigenvalue weighted by molar-refractivity contribution is 6.35. The summed E-state index contributed by atoms with van der Waals surface area (Å²) in [6, 6.07) is 1.40. The molecule has 2 heterocycles. The predicted octanol–water partition coefficient (Wildman–Crippen LogP) is 2.72. The van der Waals surface area contributed by atoms with Gasteiger partial charge in [0.2, 0.25) is 0 Å². The molecule has 7 heteroatoms. The Balaban J connectivity index is 2.24. The number of rotatable bonds is 3. The van der Waals surface area contributed by atoms with Crippen molar-refractivity contribution < 1.29 is 14.7 Å². The fraction of sp³-hybridized carbons (Fsp3) is 0.462. The van der Waals surface area contributed by atoms with Crippen molar-refractivity contribution in [2.45, 2.75) is 19.8 Å². The van der Waals surface area contributed by atoms with Crippen molar-refractivity contribution >= 4 is 35.1 Å². The van der Waals surface area contributed by atoms with E-state index in [9.17, 15) is 14.7 Å².